The summed E-state index contributed by atoms with van der Waals surface area (Å²) in [6, 6.07) is 0. The van der Waals surface area contributed by atoms with Crippen molar-refractivity contribution in [3.05, 3.63) is 11.7 Å². The first-order chi connectivity index (χ1) is 14.4. The first-order valence-corrected chi connectivity index (χ1v) is 10.8. The summed E-state index contributed by atoms with van der Waals surface area (Å²) in [7, 11) is 0. The summed E-state index contributed by atoms with van der Waals surface area (Å²) in [5.41, 5.74) is -0.827. The van der Waals surface area contributed by atoms with Crippen molar-refractivity contribution in [3.8, 4) is 0 Å². The zero-order valence-corrected chi connectivity index (χ0v) is 16.9. The van der Waals surface area contributed by atoms with Crippen LogP contribution in [0.15, 0.2) is 4.52 Å². The Labute approximate surface area is 173 Å². The molecule has 0 aromatic carbocycles. The van der Waals surface area contributed by atoms with Gasteiger partial charge in [0, 0.05) is 51.1 Å². The van der Waals surface area contributed by atoms with E-state index in [-0.39, 0.29) is 37.5 Å². The van der Waals surface area contributed by atoms with E-state index in [1.54, 1.807) is 0 Å². The van der Waals surface area contributed by atoms with Crippen LogP contribution in [0.4, 0.5) is 13.2 Å². The van der Waals surface area contributed by atoms with Crippen LogP contribution in [0.3, 0.4) is 0 Å². The fraction of sp³-hybridized carbons (Fsp3) is 0.850. The zero-order chi connectivity index (χ0) is 21.2. The van der Waals surface area contributed by atoms with Crippen molar-refractivity contribution in [2.45, 2.75) is 69.0 Å². The molecular weight excluding hydrogens is 403 g/mol. The van der Waals surface area contributed by atoms with Gasteiger partial charge >= 0.3 is 6.18 Å². The second kappa shape index (κ2) is 8.82. The smallest absolute Gasteiger partial charge is 0.381 e. The zero-order valence-electron chi connectivity index (χ0n) is 16.9. The third-order valence-corrected chi connectivity index (χ3v) is 6.71. The highest BCUT2D eigenvalue weighted by molar-refractivity contribution is 5.79. The molecule has 168 valence electrons. The highest BCUT2D eigenvalue weighted by atomic mass is 19.4. The summed E-state index contributed by atoms with van der Waals surface area (Å²) >= 11 is 0. The number of carbonyl (C=O) groups excluding carboxylic acids is 1. The molecule has 0 radical (unpaired) electrons. The molecule has 4 rings (SSSR count). The second-order valence-corrected chi connectivity index (χ2v) is 8.62. The Morgan fingerprint density at radius 1 is 0.967 bits per heavy atom. The molecule has 1 N–H and O–H groups in total. The SMILES string of the molecule is O=C(NC1(c2nc(C3CCOCC3)no2)CCOCC1)C1CCC(C(F)(F)F)CC1. The van der Waals surface area contributed by atoms with Crippen molar-refractivity contribution >= 4 is 5.91 Å². The average molecular weight is 431 g/mol. The number of nitrogens with one attached hydrogen (secondary N) is 1. The van der Waals surface area contributed by atoms with Crippen molar-refractivity contribution in [1.29, 1.82) is 0 Å². The topological polar surface area (TPSA) is 86.5 Å². The summed E-state index contributed by atoms with van der Waals surface area (Å²) in [5.74, 6) is -0.814. The highest BCUT2D eigenvalue weighted by Gasteiger charge is 2.45. The molecule has 1 aliphatic carbocycles. The predicted octanol–water partition coefficient (Wildman–Crippen LogP) is 3.45. The summed E-state index contributed by atoms with van der Waals surface area (Å²) in [5, 5.41) is 7.23. The quantitative estimate of drug-likeness (QED) is 0.786. The lowest BCUT2D eigenvalue weighted by molar-refractivity contribution is -0.184. The van der Waals surface area contributed by atoms with Gasteiger partial charge in [-0.05, 0) is 38.5 Å². The van der Waals surface area contributed by atoms with Crippen LogP contribution in [0, 0.1) is 11.8 Å². The minimum atomic E-state index is -4.19. The summed E-state index contributed by atoms with van der Waals surface area (Å²) in [6.07, 6.45) is -1.10. The van der Waals surface area contributed by atoms with Gasteiger partial charge in [0.05, 0.1) is 5.92 Å². The molecule has 0 bridgehead atoms. The molecule has 3 aliphatic rings. The summed E-state index contributed by atoms with van der Waals surface area (Å²) in [4.78, 5) is 17.6. The maximum atomic E-state index is 13.0. The van der Waals surface area contributed by atoms with Gasteiger partial charge in [0.25, 0.3) is 5.89 Å². The fourth-order valence-corrected chi connectivity index (χ4v) is 4.68. The van der Waals surface area contributed by atoms with Crippen molar-refractivity contribution in [2.24, 2.45) is 11.8 Å². The molecule has 2 saturated heterocycles. The second-order valence-electron chi connectivity index (χ2n) is 8.62. The van der Waals surface area contributed by atoms with E-state index in [0.717, 1.165) is 12.8 Å². The maximum Gasteiger partial charge on any atom is 0.391 e. The molecule has 0 unspecified atom stereocenters. The molecule has 30 heavy (non-hydrogen) atoms. The lowest BCUT2D eigenvalue weighted by Gasteiger charge is -2.37. The van der Waals surface area contributed by atoms with Crippen LogP contribution < -0.4 is 5.32 Å². The van der Waals surface area contributed by atoms with Gasteiger partial charge in [-0.3, -0.25) is 4.79 Å². The van der Waals surface area contributed by atoms with Crippen molar-refractivity contribution in [2.75, 3.05) is 26.4 Å². The highest BCUT2D eigenvalue weighted by Crippen LogP contribution is 2.40. The van der Waals surface area contributed by atoms with Crippen molar-refractivity contribution < 1.29 is 32.0 Å². The lowest BCUT2D eigenvalue weighted by atomic mass is 9.80. The molecule has 0 spiro atoms. The van der Waals surface area contributed by atoms with Crippen LogP contribution in [0.25, 0.3) is 0 Å². The number of hydrogen-bond donors (Lipinski definition) is 1. The molecule has 1 amide bonds. The van der Waals surface area contributed by atoms with E-state index in [0.29, 0.717) is 51.0 Å². The van der Waals surface area contributed by atoms with Crippen LogP contribution in [0.2, 0.25) is 0 Å². The van der Waals surface area contributed by atoms with E-state index in [1.165, 1.54) is 0 Å². The number of halogens is 3. The van der Waals surface area contributed by atoms with E-state index < -0.39 is 23.6 Å². The number of alkyl halides is 3. The molecule has 1 aromatic rings. The van der Waals surface area contributed by atoms with Gasteiger partial charge < -0.3 is 19.3 Å². The lowest BCUT2D eigenvalue weighted by Crippen LogP contribution is -2.52. The van der Waals surface area contributed by atoms with Gasteiger partial charge in [-0.25, -0.2) is 0 Å². The Kier molecular flexibility index (Phi) is 6.34. The minimum absolute atomic E-state index is 0.00778. The molecule has 1 aromatic heterocycles. The molecule has 2 aliphatic heterocycles. The van der Waals surface area contributed by atoms with Gasteiger partial charge in [-0.1, -0.05) is 5.16 Å². The molecule has 3 heterocycles. The molecule has 7 nitrogen and oxygen atoms in total. The Bertz CT molecular complexity index is 719. The fourth-order valence-electron chi connectivity index (χ4n) is 4.68. The van der Waals surface area contributed by atoms with Gasteiger partial charge in [-0.2, -0.15) is 18.2 Å². The van der Waals surface area contributed by atoms with Gasteiger partial charge in [0.1, 0.15) is 5.54 Å². The van der Waals surface area contributed by atoms with E-state index in [1.807, 2.05) is 0 Å². The van der Waals surface area contributed by atoms with E-state index >= 15 is 0 Å². The number of ether oxygens (including phenoxy) is 2. The third-order valence-electron chi connectivity index (χ3n) is 6.71. The molecule has 10 heteroatoms. The average Bonchev–Trinajstić information content (AvgIpc) is 3.26. The largest absolute Gasteiger partial charge is 0.391 e. The van der Waals surface area contributed by atoms with Crippen molar-refractivity contribution in [3.63, 3.8) is 0 Å². The Morgan fingerprint density at radius 3 is 2.23 bits per heavy atom. The number of rotatable bonds is 4. The van der Waals surface area contributed by atoms with Crippen molar-refractivity contribution in [1.82, 2.24) is 15.5 Å². The molecular formula is C20H28F3N3O4. The number of aromatic nitrogens is 2. The number of amides is 1. The molecule has 1 saturated carbocycles. The Hall–Kier alpha value is -1.68. The van der Waals surface area contributed by atoms with Crippen LogP contribution in [0.5, 0.6) is 0 Å². The van der Waals surface area contributed by atoms with Crippen LogP contribution in [-0.4, -0.2) is 48.7 Å². The van der Waals surface area contributed by atoms with Gasteiger partial charge in [0.15, 0.2) is 5.82 Å². The standard InChI is InChI=1S/C20H28F3N3O4/c21-20(22,23)15-3-1-14(2-4-15)17(27)25-19(7-11-29-12-8-19)18-24-16(26-30-18)13-5-9-28-10-6-13/h13-15H,1-12H2,(H,25,27). The first kappa shape index (κ1) is 21.5. The predicted molar refractivity (Wildman–Crippen MR) is 98.5 cm³/mol. The van der Waals surface area contributed by atoms with Gasteiger partial charge in [-0.15, -0.1) is 0 Å². The maximum absolute atomic E-state index is 13.0. The molecule has 3 fully saturated rings. The summed E-state index contributed by atoms with van der Waals surface area (Å²) < 4.78 is 55.2. The summed E-state index contributed by atoms with van der Waals surface area (Å²) in [6.45, 7) is 2.20. The first-order valence-electron chi connectivity index (χ1n) is 10.8. The monoisotopic (exact) mass is 431 g/mol. The Morgan fingerprint density at radius 2 is 1.60 bits per heavy atom. The number of nitrogens with zero attached hydrogens (tertiary/aromatic N) is 2. The number of carbonyl (C=O) groups is 1. The Balaban J connectivity index is 1.45. The minimum Gasteiger partial charge on any atom is -0.381 e. The van der Waals surface area contributed by atoms with Crippen LogP contribution in [-0.2, 0) is 19.8 Å². The molecule has 0 atom stereocenters. The van der Waals surface area contributed by atoms with E-state index in [2.05, 4.69) is 15.5 Å². The third kappa shape index (κ3) is 4.64. The van der Waals surface area contributed by atoms with E-state index in [4.69, 9.17) is 14.0 Å². The van der Waals surface area contributed by atoms with Crippen LogP contribution >= 0.6 is 0 Å². The van der Waals surface area contributed by atoms with Crippen LogP contribution in [0.1, 0.15) is 69.0 Å². The van der Waals surface area contributed by atoms with E-state index in [9.17, 15) is 18.0 Å². The number of hydrogen-bond acceptors (Lipinski definition) is 6. The normalized spacial score (nSPS) is 28.2. The van der Waals surface area contributed by atoms with Gasteiger partial charge in [0.2, 0.25) is 5.91 Å².